The highest BCUT2D eigenvalue weighted by molar-refractivity contribution is 6.00. The molecule has 1 aromatic heterocycles. The Balaban J connectivity index is 2.03. The van der Waals surface area contributed by atoms with E-state index in [1.165, 1.54) is 0 Å². The molecule has 0 saturated carbocycles. The minimum absolute atomic E-state index is 0.124. The molecule has 0 aliphatic carbocycles. The molecule has 3 aromatic rings. The van der Waals surface area contributed by atoms with E-state index in [4.69, 9.17) is 0 Å². The summed E-state index contributed by atoms with van der Waals surface area (Å²) in [5.41, 5.74) is 4.82. The zero-order chi connectivity index (χ0) is 15.0. The summed E-state index contributed by atoms with van der Waals surface area (Å²) in [6.45, 7) is 5.91. The van der Waals surface area contributed by atoms with Crippen LogP contribution in [0.5, 0.6) is 0 Å². The average Bonchev–Trinajstić information content (AvgIpc) is 2.92. The van der Waals surface area contributed by atoms with Crippen LogP contribution in [0.2, 0.25) is 0 Å². The summed E-state index contributed by atoms with van der Waals surface area (Å²) in [7, 11) is 0. The van der Waals surface area contributed by atoms with Crippen LogP contribution < -0.4 is 0 Å². The lowest BCUT2D eigenvalue weighted by atomic mass is 9.98. The number of aryl methyl sites for hydroxylation is 2. The third kappa shape index (κ3) is 2.35. The van der Waals surface area contributed by atoms with Gasteiger partial charge in [0.1, 0.15) is 0 Å². The van der Waals surface area contributed by atoms with Crippen LogP contribution in [-0.4, -0.2) is 15.3 Å². The van der Waals surface area contributed by atoms with Gasteiger partial charge in [0.05, 0.1) is 23.4 Å². The topological polar surface area (TPSA) is 34.9 Å². The van der Waals surface area contributed by atoms with Gasteiger partial charge in [0.25, 0.3) is 0 Å². The minimum atomic E-state index is -0.266. The van der Waals surface area contributed by atoms with Crippen LogP contribution in [0.3, 0.4) is 0 Å². The molecule has 2 aromatic carbocycles. The molecule has 0 fully saturated rings. The van der Waals surface area contributed by atoms with E-state index in [-0.39, 0.29) is 11.8 Å². The van der Waals surface area contributed by atoms with Crippen LogP contribution in [0, 0.1) is 13.8 Å². The molecule has 3 rings (SSSR count). The van der Waals surface area contributed by atoms with E-state index in [0.29, 0.717) is 0 Å². The Kier molecular flexibility index (Phi) is 3.34. The Morgan fingerprint density at radius 1 is 1.14 bits per heavy atom. The summed E-state index contributed by atoms with van der Waals surface area (Å²) in [6.07, 6.45) is 1.75. The van der Waals surface area contributed by atoms with Gasteiger partial charge in [-0.3, -0.25) is 4.79 Å². The number of carbonyl (C=O) groups is 1. The second-order valence-corrected chi connectivity index (χ2v) is 5.50. The molecule has 0 spiro atoms. The maximum Gasteiger partial charge on any atom is 0.185 e. The Morgan fingerprint density at radius 3 is 2.71 bits per heavy atom. The van der Waals surface area contributed by atoms with Crippen LogP contribution >= 0.6 is 0 Å². The molecule has 1 unspecified atom stereocenters. The summed E-state index contributed by atoms with van der Waals surface area (Å²) < 4.78 is 1.94. The number of ketones is 1. The van der Waals surface area contributed by atoms with E-state index in [0.717, 1.165) is 27.7 Å². The van der Waals surface area contributed by atoms with E-state index < -0.39 is 0 Å². The zero-order valence-electron chi connectivity index (χ0n) is 12.5. The van der Waals surface area contributed by atoms with Gasteiger partial charge in [-0.1, -0.05) is 29.8 Å². The van der Waals surface area contributed by atoms with E-state index in [1.807, 2.05) is 67.8 Å². The van der Waals surface area contributed by atoms with Crippen molar-refractivity contribution in [3.05, 3.63) is 65.5 Å². The smallest absolute Gasteiger partial charge is 0.185 e. The molecule has 106 valence electrons. The van der Waals surface area contributed by atoms with Gasteiger partial charge in [-0.05, 0) is 44.5 Å². The number of hydrogen-bond acceptors (Lipinski definition) is 2. The second kappa shape index (κ2) is 5.17. The number of carbonyl (C=O) groups excluding carboxylic acids is 1. The molecule has 0 amide bonds. The van der Waals surface area contributed by atoms with Gasteiger partial charge in [0.2, 0.25) is 0 Å². The van der Waals surface area contributed by atoms with Crippen LogP contribution in [0.25, 0.3) is 11.0 Å². The van der Waals surface area contributed by atoms with Gasteiger partial charge in [-0.2, -0.15) is 0 Å². The fraction of sp³-hybridized carbons (Fsp3) is 0.222. The van der Waals surface area contributed by atoms with Crippen LogP contribution in [0.4, 0.5) is 0 Å². The van der Waals surface area contributed by atoms with Gasteiger partial charge >= 0.3 is 0 Å². The number of fused-ring (bicyclic) bond motifs is 1. The maximum absolute atomic E-state index is 12.8. The van der Waals surface area contributed by atoms with Crippen molar-refractivity contribution < 1.29 is 4.79 Å². The Hall–Kier alpha value is -2.42. The van der Waals surface area contributed by atoms with Crippen molar-refractivity contribution in [3.8, 4) is 0 Å². The van der Waals surface area contributed by atoms with Crippen molar-refractivity contribution in [2.24, 2.45) is 0 Å². The van der Waals surface area contributed by atoms with Gasteiger partial charge in [-0.25, -0.2) is 4.98 Å². The molecule has 0 bridgehead atoms. The van der Waals surface area contributed by atoms with Gasteiger partial charge in [-0.15, -0.1) is 0 Å². The molecule has 0 aliphatic heterocycles. The summed E-state index contributed by atoms with van der Waals surface area (Å²) in [5, 5.41) is 0. The van der Waals surface area contributed by atoms with E-state index in [1.54, 1.807) is 6.33 Å². The Bertz CT molecular complexity index is 817. The fourth-order valence-corrected chi connectivity index (χ4v) is 2.64. The van der Waals surface area contributed by atoms with Crippen LogP contribution in [0.1, 0.15) is 34.5 Å². The molecule has 3 nitrogen and oxygen atoms in total. The first-order chi connectivity index (χ1) is 10.1. The van der Waals surface area contributed by atoms with Gasteiger partial charge in [0.15, 0.2) is 5.78 Å². The molecule has 0 radical (unpaired) electrons. The van der Waals surface area contributed by atoms with Crippen molar-refractivity contribution in [3.63, 3.8) is 0 Å². The van der Waals surface area contributed by atoms with E-state index in [9.17, 15) is 4.79 Å². The summed E-state index contributed by atoms with van der Waals surface area (Å²) in [5.74, 6) is 0.124. The number of imidazole rings is 1. The Morgan fingerprint density at radius 2 is 1.90 bits per heavy atom. The number of Topliss-reactive ketones (excluding diaryl/α,β-unsaturated/α-hetero) is 1. The summed E-state index contributed by atoms with van der Waals surface area (Å²) >= 11 is 0. The molecule has 1 atom stereocenters. The number of aromatic nitrogens is 2. The van der Waals surface area contributed by atoms with Crippen molar-refractivity contribution in [2.45, 2.75) is 26.8 Å². The molecule has 1 heterocycles. The zero-order valence-corrected chi connectivity index (χ0v) is 12.5. The molecule has 21 heavy (non-hydrogen) atoms. The summed E-state index contributed by atoms with van der Waals surface area (Å²) in [4.78, 5) is 17.2. The Labute approximate surface area is 124 Å². The number of para-hydroxylation sites is 2. The molecular weight excluding hydrogens is 260 g/mol. The standard InChI is InChI=1S/C18H18N2O/c1-12-8-9-13(2)15(10-12)18(21)14(3)20-11-19-16-6-4-5-7-17(16)20/h4-11,14H,1-3H3. The van der Waals surface area contributed by atoms with Crippen molar-refractivity contribution in [1.29, 1.82) is 0 Å². The van der Waals surface area contributed by atoms with Crippen molar-refractivity contribution >= 4 is 16.8 Å². The lowest BCUT2D eigenvalue weighted by Gasteiger charge is -2.15. The lowest BCUT2D eigenvalue weighted by Crippen LogP contribution is -2.17. The highest BCUT2D eigenvalue weighted by Gasteiger charge is 2.20. The van der Waals surface area contributed by atoms with Crippen LogP contribution in [0.15, 0.2) is 48.8 Å². The highest BCUT2D eigenvalue weighted by Crippen LogP contribution is 2.22. The maximum atomic E-state index is 12.8. The largest absolute Gasteiger partial charge is 0.320 e. The molecule has 0 saturated heterocycles. The molecule has 0 aliphatic rings. The monoisotopic (exact) mass is 278 g/mol. The molecule has 3 heteroatoms. The molecular formula is C18H18N2O. The van der Waals surface area contributed by atoms with Crippen molar-refractivity contribution in [2.75, 3.05) is 0 Å². The van der Waals surface area contributed by atoms with E-state index in [2.05, 4.69) is 4.98 Å². The van der Waals surface area contributed by atoms with E-state index >= 15 is 0 Å². The number of nitrogens with zero attached hydrogens (tertiary/aromatic N) is 2. The first kappa shape index (κ1) is 13.6. The first-order valence-electron chi connectivity index (χ1n) is 7.11. The highest BCUT2D eigenvalue weighted by atomic mass is 16.1. The summed E-state index contributed by atoms with van der Waals surface area (Å²) in [6, 6.07) is 13.6. The average molecular weight is 278 g/mol. The number of rotatable bonds is 3. The number of hydrogen-bond donors (Lipinski definition) is 0. The predicted octanol–water partition coefficient (Wildman–Crippen LogP) is 4.10. The third-order valence-corrected chi connectivity index (χ3v) is 3.94. The third-order valence-electron chi connectivity index (χ3n) is 3.94. The minimum Gasteiger partial charge on any atom is -0.320 e. The van der Waals surface area contributed by atoms with Gasteiger partial charge in [0, 0.05) is 5.56 Å². The van der Waals surface area contributed by atoms with Crippen LogP contribution in [-0.2, 0) is 0 Å². The first-order valence-corrected chi connectivity index (χ1v) is 7.11. The molecule has 0 N–H and O–H groups in total. The quantitative estimate of drug-likeness (QED) is 0.676. The lowest BCUT2D eigenvalue weighted by molar-refractivity contribution is 0.0936. The predicted molar refractivity (Wildman–Crippen MR) is 84.7 cm³/mol. The second-order valence-electron chi connectivity index (χ2n) is 5.50. The van der Waals surface area contributed by atoms with Gasteiger partial charge < -0.3 is 4.57 Å². The SMILES string of the molecule is Cc1ccc(C)c(C(=O)C(C)n2cnc3ccccc32)c1. The van der Waals surface area contributed by atoms with Crippen molar-refractivity contribution in [1.82, 2.24) is 9.55 Å². The number of benzene rings is 2. The fourth-order valence-electron chi connectivity index (χ4n) is 2.64. The normalized spacial score (nSPS) is 12.5.